The molecule has 2 atom stereocenters. The minimum atomic E-state index is -0.287. The third-order valence-electron chi connectivity index (χ3n) is 6.93. The van der Waals surface area contributed by atoms with E-state index in [1.165, 1.54) is 14.2 Å². The second-order valence-electron chi connectivity index (χ2n) is 9.39. The lowest BCUT2D eigenvalue weighted by Gasteiger charge is -2.42. The van der Waals surface area contributed by atoms with Crippen molar-refractivity contribution in [2.24, 2.45) is 0 Å². The van der Waals surface area contributed by atoms with E-state index in [9.17, 15) is 9.59 Å². The van der Waals surface area contributed by atoms with Crippen molar-refractivity contribution < 1.29 is 14.3 Å². The summed E-state index contributed by atoms with van der Waals surface area (Å²) in [4.78, 5) is 38.5. The molecular weight excluding hydrogens is 531 g/mol. The van der Waals surface area contributed by atoms with Crippen LogP contribution in [0.4, 0.5) is 5.95 Å². The Bertz CT molecular complexity index is 1360. The summed E-state index contributed by atoms with van der Waals surface area (Å²) in [5.74, 6) is 1.09. The fraction of sp³-hybridized carbons (Fsp3) is 0.462. The summed E-state index contributed by atoms with van der Waals surface area (Å²) in [7, 11) is 4.70. The van der Waals surface area contributed by atoms with Gasteiger partial charge in [0.05, 0.1) is 29.8 Å². The molecule has 12 heteroatoms. The maximum absolute atomic E-state index is 14.0. The molecule has 0 saturated carbocycles. The highest BCUT2D eigenvalue weighted by Crippen LogP contribution is 2.45. The summed E-state index contributed by atoms with van der Waals surface area (Å²) in [6, 6.07) is 3.53. The van der Waals surface area contributed by atoms with Crippen molar-refractivity contribution in [1.82, 2.24) is 24.3 Å². The quantitative estimate of drug-likeness (QED) is 0.393. The maximum atomic E-state index is 14.0. The number of hydrogen-bond acceptors (Lipinski definition) is 8. The first kappa shape index (κ1) is 27.9. The summed E-state index contributed by atoms with van der Waals surface area (Å²) in [5.41, 5.74) is 0.848. The molecule has 1 aromatic carbocycles. The molecule has 1 aliphatic heterocycles. The van der Waals surface area contributed by atoms with E-state index in [4.69, 9.17) is 32.7 Å². The van der Waals surface area contributed by atoms with Crippen molar-refractivity contribution in [2.45, 2.75) is 38.9 Å². The van der Waals surface area contributed by atoms with Crippen LogP contribution in [0.3, 0.4) is 0 Å². The number of fused-ring (bicyclic) bond motifs is 1. The molecular formula is C26H32Cl2N6O4. The number of carbonyl (C=O) groups excluding carboxylic acids is 1. The van der Waals surface area contributed by atoms with Gasteiger partial charge in [0, 0.05) is 68.5 Å². The van der Waals surface area contributed by atoms with Crippen LogP contribution < -0.4 is 20.3 Å². The lowest BCUT2D eigenvalue weighted by Crippen LogP contribution is -2.56. The van der Waals surface area contributed by atoms with Crippen LogP contribution in [-0.4, -0.2) is 83.7 Å². The molecule has 1 N–H and O–H groups in total. The highest BCUT2D eigenvalue weighted by Gasteiger charge is 2.28. The molecule has 1 fully saturated rings. The summed E-state index contributed by atoms with van der Waals surface area (Å²) in [5, 5.41) is 4.02. The predicted octanol–water partition coefficient (Wildman–Crippen LogP) is 3.77. The van der Waals surface area contributed by atoms with Crippen LogP contribution in [0.15, 0.2) is 23.1 Å². The van der Waals surface area contributed by atoms with Crippen molar-refractivity contribution in [3.63, 3.8) is 0 Å². The number of amides is 1. The molecule has 1 saturated heterocycles. The number of piperazine rings is 1. The number of rotatable bonds is 9. The maximum Gasteiger partial charge on any atom is 0.260 e. The molecule has 2 aromatic heterocycles. The van der Waals surface area contributed by atoms with Gasteiger partial charge in [-0.05, 0) is 26.3 Å². The number of aromatic nitrogens is 3. The Morgan fingerprint density at radius 1 is 1.08 bits per heavy atom. The third kappa shape index (κ3) is 5.25. The zero-order valence-corrected chi connectivity index (χ0v) is 23.6. The molecule has 0 spiro atoms. The van der Waals surface area contributed by atoms with Gasteiger partial charge in [0.25, 0.3) is 5.56 Å². The van der Waals surface area contributed by atoms with Gasteiger partial charge in [-0.1, -0.05) is 23.2 Å². The molecule has 0 aliphatic carbocycles. The molecule has 4 rings (SSSR count). The van der Waals surface area contributed by atoms with Crippen LogP contribution in [0.25, 0.3) is 22.2 Å². The van der Waals surface area contributed by atoms with E-state index in [0.29, 0.717) is 52.6 Å². The van der Waals surface area contributed by atoms with Crippen LogP contribution in [0.5, 0.6) is 11.5 Å². The number of pyridine rings is 1. The van der Waals surface area contributed by atoms with Crippen LogP contribution in [-0.2, 0) is 11.3 Å². The van der Waals surface area contributed by atoms with Crippen molar-refractivity contribution >= 4 is 46.6 Å². The van der Waals surface area contributed by atoms with E-state index in [-0.39, 0.29) is 27.7 Å². The molecule has 2 unspecified atom stereocenters. The number of methoxy groups -OCH3 is 2. The molecule has 10 nitrogen and oxygen atoms in total. The second kappa shape index (κ2) is 11.8. The first-order valence-corrected chi connectivity index (χ1v) is 13.1. The normalized spacial score (nSPS) is 18.0. The van der Waals surface area contributed by atoms with Crippen LogP contribution in [0.2, 0.25) is 10.0 Å². The van der Waals surface area contributed by atoms with E-state index in [1.807, 2.05) is 18.7 Å². The number of nitrogens with one attached hydrogen (secondary N) is 1. The molecule has 3 heterocycles. The van der Waals surface area contributed by atoms with Gasteiger partial charge >= 0.3 is 0 Å². The van der Waals surface area contributed by atoms with E-state index >= 15 is 0 Å². The summed E-state index contributed by atoms with van der Waals surface area (Å²) >= 11 is 13.3. The first-order valence-electron chi connectivity index (χ1n) is 12.4. The minimum absolute atomic E-state index is 0.126. The average Bonchev–Trinajstić information content (AvgIpc) is 2.90. The number of ether oxygens (including phenoxy) is 2. The van der Waals surface area contributed by atoms with Crippen LogP contribution in [0.1, 0.15) is 20.3 Å². The number of carbonyl (C=O) groups is 1. The Morgan fingerprint density at radius 3 is 2.26 bits per heavy atom. The molecule has 1 amide bonds. The molecule has 1 aliphatic rings. The smallest absolute Gasteiger partial charge is 0.260 e. The molecule has 204 valence electrons. The topological polar surface area (TPSA) is 102 Å². The number of benzene rings is 1. The Morgan fingerprint density at radius 2 is 1.71 bits per heavy atom. The Balaban J connectivity index is 1.76. The van der Waals surface area contributed by atoms with Crippen molar-refractivity contribution in [3.8, 4) is 22.6 Å². The van der Waals surface area contributed by atoms with Crippen molar-refractivity contribution in [3.05, 3.63) is 38.7 Å². The van der Waals surface area contributed by atoms with Crippen molar-refractivity contribution in [2.75, 3.05) is 46.2 Å². The predicted molar refractivity (Wildman–Crippen MR) is 150 cm³/mol. The van der Waals surface area contributed by atoms with Gasteiger partial charge < -0.3 is 19.7 Å². The summed E-state index contributed by atoms with van der Waals surface area (Å²) < 4.78 is 12.5. The minimum Gasteiger partial charge on any atom is -0.495 e. The zero-order valence-electron chi connectivity index (χ0n) is 22.1. The van der Waals surface area contributed by atoms with Gasteiger partial charge in [0.15, 0.2) is 0 Å². The monoisotopic (exact) mass is 562 g/mol. The molecule has 38 heavy (non-hydrogen) atoms. The lowest BCUT2D eigenvalue weighted by molar-refractivity contribution is -0.125. The fourth-order valence-corrected chi connectivity index (χ4v) is 5.78. The highest BCUT2D eigenvalue weighted by molar-refractivity contribution is 6.41. The number of aryl methyl sites for hydroxylation is 1. The van der Waals surface area contributed by atoms with Gasteiger partial charge in [0.1, 0.15) is 17.1 Å². The summed E-state index contributed by atoms with van der Waals surface area (Å²) in [6.45, 7) is 6.82. The van der Waals surface area contributed by atoms with E-state index in [2.05, 4.69) is 20.2 Å². The van der Waals surface area contributed by atoms with Gasteiger partial charge in [-0.3, -0.25) is 19.1 Å². The average molecular weight is 563 g/mol. The summed E-state index contributed by atoms with van der Waals surface area (Å²) in [6.07, 6.45) is 3.28. The Labute approximate surface area is 231 Å². The van der Waals surface area contributed by atoms with Gasteiger partial charge in [-0.25, -0.2) is 4.98 Å². The van der Waals surface area contributed by atoms with Gasteiger partial charge in [0.2, 0.25) is 12.4 Å². The van der Waals surface area contributed by atoms with Gasteiger partial charge in [-0.2, -0.15) is 4.98 Å². The molecule has 3 aromatic rings. The largest absolute Gasteiger partial charge is 0.495 e. The standard InChI is InChI=1S/C26H32Cl2N6O4/c1-15-12-32(13-16(2)34(15)14-35)7-6-8-33-24-17(11-30-26(29-3)31-24)9-18(25(33)36)21-22(27)19(37-4)10-20(38-5)23(21)28/h9-11,14-16H,6-8,12-13H2,1-5H3,(H,29,30,31). The first-order chi connectivity index (χ1) is 18.2. The second-order valence-corrected chi connectivity index (χ2v) is 10.1. The lowest BCUT2D eigenvalue weighted by atomic mass is 10.0. The molecule has 0 radical (unpaired) electrons. The fourth-order valence-electron chi connectivity index (χ4n) is 5.08. The van der Waals surface area contributed by atoms with Crippen LogP contribution in [0, 0.1) is 0 Å². The Kier molecular flexibility index (Phi) is 8.64. The van der Waals surface area contributed by atoms with E-state index in [1.54, 1.807) is 29.9 Å². The molecule has 0 bridgehead atoms. The zero-order chi connectivity index (χ0) is 27.6. The van der Waals surface area contributed by atoms with Gasteiger partial charge in [-0.15, -0.1) is 0 Å². The van der Waals surface area contributed by atoms with E-state index < -0.39 is 0 Å². The number of hydrogen-bond donors (Lipinski definition) is 1. The SMILES string of the molecule is CNc1ncc2cc(-c3c(Cl)c(OC)cc(OC)c3Cl)c(=O)n(CCCN3CC(C)N(C=O)C(C)C3)c2n1. The Hall–Kier alpha value is -3.08. The third-order valence-corrected chi connectivity index (χ3v) is 7.68. The van der Waals surface area contributed by atoms with Crippen molar-refractivity contribution in [1.29, 1.82) is 0 Å². The highest BCUT2D eigenvalue weighted by atomic mass is 35.5. The van der Waals surface area contributed by atoms with Crippen LogP contribution >= 0.6 is 23.2 Å². The number of anilines is 1. The number of nitrogens with zero attached hydrogens (tertiary/aromatic N) is 5. The van der Waals surface area contributed by atoms with E-state index in [0.717, 1.165) is 26.0 Å². The number of halogens is 2.